The van der Waals surface area contributed by atoms with Gasteiger partial charge >= 0.3 is 0 Å². The minimum Gasteiger partial charge on any atom is -0.366 e. The van der Waals surface area contributed by atoms with Crippen LogP contribution in [0, 0.1) is 0 Å². The molecule has 0 aliphatic heterocycles. The van der Waals surface area contributed by atoms with Crippen LogP contribution in [0.25, 0.3) is 0 Å². The minimum atomic E-state index is -3.54. The summed E-state index contributed by atoms with van der Waals surface area (Å²) in [6, 6.07) is 11.8. The predicted octanol–water partition coefficient (Wildman–Crippen LogP) is 1.29. The number of amides is 2. The van der Waals surface area contributed by atoms with E-state index in [2.05, 4.69) is 5.32 Å². The van der Waals surface area contributed by atoms with Gasteiger partial charge in [-0.25, -0.2) is 12.7 Å². The lowest BCUT2D eigenvalue weighted by Gasteiger charge is -2.11. The topological polar surface area (TPSA) is 110 Å². The number of carbonyl (C=O) groups excluding carboxylic acids is 2. The Hall–Kier alpha value is -2.71. The second-order valence-corrected chi connectivity index (χ2v) is 7.36. The summed E-state index contributed by atoms with van der Waals surface area (Å²) in [5.41, 5.74) is 6.18. The van der Waals surface area contributed by atoms with Crippen LogP contribution >= 0.6 is 0 Å². The molecule has 7 nitrogen and oxygen atoms in total. The van der Waals surface area contributed by atoms with Crippen molar-refractivity contribution >= 4 is 27.5 Å². The van der Waals surface area contributed by atoms with E-state index in [1.807, 2.05) is 0 Å². The lowest BCUT2D eigenvalue weighted by atomic mass is 10.1. The Labute approximate surface area is 140 Å². The monoisotopic (exact) mass is 347 g/mol. The van der Waals surface area contributed by atoms with E-state index in [1.54, 1.807) is 18.2 Å². The van der Waals surface area contributed by atoms with Crippen molar-refractivity contribution in [3.8, 4) is 0 Å². The van der Waals surface area contributed by atoms with Crippen molar-refractivity contribution in [1.29, 1.82) is 0 Å². The first kappa shape index (κ1) is 17.6. The molecule has 0 aliphatic carbocycles. The molecular formula is C16H17N3O4S. The number of sulfonamides is 1. The smallest absolute Gasteiger partial charge is 0.255 e. The number of nitrogens with zero attached hydrogens (tertiary/aromatic N) is 1. The maximum Gasteiger partial charge on any atom is 0.255 e. The van der Waals surface area contributed by atoms with Gasteiger partial charge in [-0.15, -0.1) is 0 Å². The summed E-state index contributed by atoms with van der Waals surface area (Å²) in [5, 5.41) is 2.63. The highest BCUT2D eigenvalue weighted by atomic mass is 32.2. The van der Waals surface area contributed by atoms with Crippen molar-refractivity contribution in [2.75, 3.05) is 19.4 Å². The van der Waals surface area contributed by atoms with Crippen LogP contribution in [0.4, 0.5) is 5.69 Å². The number of anilines is 1. The van der Waals surface area contributed by atoms with E-state index in [0.29, 0.717) is 5.69 Å². The molecule has 126 valence electrons. The van der Waals surface area contributed by atoms with Crippen LogP contribution in [0.5, 0.6) is 0 Å². The van der Waals surface area contributed by atoms with E-state index >= 15 is 0 Å². The molecule has 0 aromatic heterocycles. The molecule has 0 saturated carbocycles. The van der Waals surface area contributed by atoms with Gasteiger partial charge in [0, 0.05) is 30.9 Å². The summed E-state index contributed by atoms with van der Waals surface area (Å²) in [5.74, 6) is -1.02. The molecule has 0 heterocycles. The molecule has 8 heteroatoms. The molecule has 2 aromatic carbocycles. The lowest BCUT2D eigenvalue weighted by molar-refractivity contribution is 0.0996. The predicted molar refractivity (Wildman–Crippen MR) is 90.2 cm³/mol. The van der Waals surface area contributed by atoms with Crippen LogP contribution in [0.15, 0.2) is 53.4 Å². The number of hydrogen-bond acceptors (Lipinski definition) is 4. The van der Waals surface area contributed by atoms with Gasteiger partial charge in [0.2, 0.25) is 15.9 Å². The van der Waals surface area contributed by atoms with Crippen molar-refractivity contribution in [2.45, 2.75) is 4.90 Å². The molecule has 0 aliphatic rings. The average molecular weight is 347 g/mol. The van der Waals surface area contributed by atoms with Crippen molar-refractivity contribution < 1.29 is 18.0 Å². The highest BCUT2D eigenvalue weighted by Crippen LogP contribution is 2.16. The van der Waals surface area contributed by atoms with Gasteiger partial charge in [0.15, 0.2) is 0 Å². The summed E-state index contributed by atoms with van der Waals surface area (Å²) in [4.78, 5) is 23.4. The molecule has 0 unspecified atom stereocenters. The fraction of sp³-hybridized carbons (Fsp3) is 0.125. The van der Waals surface area contributed by atoms with Gasteiger partial charge in [-0.1, -0.05) is 6.07 Å². The summed E-state index contributed by atoms with van der Waals surface area (Å²) in [6.07, 6.45) is 0. The van der Waals surface area contributed by atoms with E-state index in [0.717, 1.165) is 4.31 Å². The molecule has 0 spiro atoms. The molecule has 0 fully saturated rings. The minimum absolute atomic E-state index is 0.0970. The van der Waals surface area contributed by atoms with E-state index < -0.39 is 21.8 Å². The third-order valence-electron chi connectivity index (χ3n) is 3.30. The molecule has 2 aromatic rings. The third kappa shape index (κ3) is 3.79. The van der Waals surface area contributed by atoms with Gasteiger partial charge < -0.3 is 11.1 Å². The highest BCUT2D eigenvalue weighted by Gasteiger charge is 2.17. The first-order valence-electron chi connectivity index (χ1n) is 6.95. The fourth-order valence-corrected chi connectivity index (χ4v) is 2.84. The van der Waals surface area contributed by atoms with E-state index in [1.165, 1.54) is 44.4 Å². The first-order chi connectivity index (χ1) is 11.2. The van der Waals surface area contributed by atoms with Gasteiger partial charge in [-0.3, -0.25) is 9.59 Å². The Morgan fingerprint density at radius 3 is 2.17 bits per heavy atom. The van der Waals surface area contributed by atoms with Crippen molar-refractivity contribution in [1.82, 2.24) is 4.31 Å². The second-order valence-electron chi connectivity index (χ2n) is 5.21. The number of benzene rings is 2. The number of hydrogen-bond donors (Lipinski definition) is 2. The third-order valence-corrected chi connectivity index (χ3v) is 5.13. The molecule has 24 heavy (non-hydrogen) atoms. The van der Waals surface area contributed by atoms with Crippen LogP contribution in [-0.4, -0.2) is 38.6 Å². The van der Waals surface area contributed by atoms with Crippen LogP contribution in [0.2, 0.25) is 0 Å². The summed E-state index contributed by atoms with van der Waals surface area (Å²) < 4.78 is 25.1. The quantitative estimate of drug-likeness (QED) is 0.849. The van der Waals surface area contributed by atoms with Crippen molar-refractivity contribution in [2.24, 2.45) is 5.73 Å². The highest BCUT2D eigenvalue weighted by molar-refractivity contribution is 7.89. The second kappa shape index (κ2) is 6.81. The zero-order valence-corrected chi connectivity index (χ0v) is 14.0. The van der Waals surface area contributed by atoms with Crippen LogP contribution in [0.3, 0.4) is 0 Å². The molecule has 0 atom stereocenters. The standard InChI is InChI=1S/C16H17N3O4S/c1-19(2)24(22,23)14-8-6-11(7-9-14)16(21)18-13-5-3-4-12(10-13)15(17)20/h3-10H,1-2H3,(H2,17,20)(H,18,21). The van der Waals surface area contributed by atoms with Crippen LogP contribution in [-0.2, 0) is 10.0 Å². The lowest BCUT2D eigenvalue weighted by Crippen LogP contribution is -2.22. The van der Waals surface area contributed by atoms with Gasteiger partial charge in [0.05, 0.1) is 4.90 Å². The number of rotatable bonds is 5. The maximum absolute atomic E-state index is 12.2. The van der Waals surface area contributed by atoms with Gasteiger partial charge in [-0.05, 0) is 42.5 Å². The van der Waals surface area contributed by atoms with E-state index in [9.17, 15) is 18.0 Å². The molecule has 0 bridgehead atoms. The number of primary amides is 1. The average Bonchev–Trinajstić information content (AvgIpc) is 2.55. The molecule has 2 amide bonds. The van der Waals surface area contributed by atoms with Gasteiger partial charge in [0.25, 0.3) is 5.91 Å². The number of nitrogens with two attached hydrogens (primary N) is 1. The van der Waals surface area contributed by atoms with Crippen LogP contribution in [0.1, 0.15) is 20.7 Å². The summed E-state index contributed by atoms with van der Waals surface area (Å²) in [7, 11) is -0.679. The number of carbonyl (C=O) groups is 2. The Kier molecular flexibility index (Phi) is 5.01. The van der Waals surface area contributed by atoms with Gasteiger partial charge in [-0.2, -0.15) is 0 Å². The molecular weight excluding hydrogens is 330 g/mol. The fourth-order valence-electron chi connectivity index (χ4n) is 1.94. The van der Waals surface area contributed by atoms with Crippen molar-refractivity contribution in [3.63, 3.8) is 0 Å². The summed E-state index contributed by atoms with van der Waals surface area (Å²) in [6.45, 7) is 0. The molecule has 3 N–H and O–H groups in total. The summed E-state index contributed by atoms with van der Waals surface area (Å²) >= 11 is 0. The Morgan fingerprint density at radius 2 is 1.62 bits per heavy atom. The molecule has 0 radical (unpaired) electrons. The van der Waals surface area contributed by atoms with Gasteiger partial charge in [0.1, 0.15) is 0 Å². The molecule has 0 saturated heterocycles. The SMILES string of the molecule is CN(C)S(=O)(=O)c1ccc(C(=O)Nc2cccc(C(N)=O)c2)cc1. The Bertz CT molecular complexity index is 874. The normalized spacial score (nSPS) is 11.3. The maximum atomic E-state index is 12.2. The molecule has 2 rings (SSSR count). The zero-order valence-electron chi connectivity index (χ0n) is 13.2. The van der Waals surface area contributed by atoms with Crippen molar-refractivity contribution in [3.05, 3.63) is 59.7 Å². The van der Waals surface area contributed by atoms with E-state index in [-0.39, 0.29) is 16.0 Å². The number of nitrogens with one attached hydrogen (secondary N) is 1. The van der Waals surface area contributed by atoms with Crippen LogP contribution < -0.4 is 11.1 Å². The zero-order chi connectivity index (χ0) is 17.9. The Balaban J connectivity index is 2.19. The largest absolute Gasteiger partial charge is 0.366 e. The first-order valence-corrected chi connectivity index (χ1v) is 8.39. The van der Waals surface area contributed by atoms with E-state index in [4.69, 9.17) is 5.73 Å². The Morgan fingerprint density at radius 1 is 1.00 bits per heavy atom.